The van der Waals surface area contributed by atoms with E-state index in [-0.39, 0.29) is 0 Å². The first kappa shape index (κ1) is 8.76. The first-order chi connectivity index (χ1) is 6.34. The minimum absolute atomic E-state index is 0.850. The normalized spacial score (nSPS) is 22.1. The van der Waals surface area contributed by atoms with Crippen molar-refractivity contribution in [3.8, 4) is 0 Å². The Morgan fingerprint density at radius 2 is 2.08 bits per heavy atom. The summed E-state index contributed by atoms with van der Waals surface area (Å²) >= 11 is 0. The van der Waals surface area contributed by atoms with Gasteiger partial charge in [-0.15, -0.1) is 0 Å². The van der Waals surface area contributed by atoms with Crippen LogP contribution in [-0.4, -0.2) is 12.6 Å². The van der Waals surface area contributed by atoms with Crippen LogP contribution in [0.1, 0.15) is 24.0 Å². The number of nitrogens with two attached hydrogens (primary N) is 1. The van der Waals surface area contributed by atoms with Crippen molar-refractivity contribution in [2.45, 2.75) is 32.2 Å². The van der Waals surface area contributed by atoms with Gasteiger partial charge in [-0.2, -0.15) is 0 Å². The second-order valence-electron chi connectivity index (χ2n) is 4.12. The van der Waals surface area contributed by atoms with Crippen molar-refractivity contribution in [3.63, 3.8) is 0 Å². The molecule has 1 aromatic carbocycles. The van der Waals surface area contributed by atoms with E-state index in [9.17, 15) is 0 Å². The fraction of sp³-hybridized carbons (Fsp3) is 0.500. The molecular weight excluding hydrogens is 158 g/mol. The molecule has 1 fully saturated rings. The molecule has 0 radical (unpaired) electrons. The van der Waals surface area contributed by atoms with Gasteiger partial charge in [0.15, 0.2) is 0 Å². The molecule has 0 aromatic heterocycles. The van der Waals surface area contributed by atoms with Crippen molar-refractivity contribution in [2.24, 2.45) is 0 Å². The van der Waals surface area contributed by atoms with Crippen LogP contribution < -0.4 is 5.32 Å². The number of hydrogen-bond donors (Lipinski definition) is 1. The molecule has 1 aliphatic heterocycles. The minimum Gasteiger partial charge on any atom is -0.344 e. The second kappa shape index (κ2) is 3.93. The van der Waals surface area contributed by atoms with Crippen LogP contribution in [0.5, 0.6) is 0 Å². The van der Waals surface area contributed by atoms with Crippen molar-refractivity contribution < 1.29 is 5.32 Å². The largest absolute Gasteiger partial charge is 0.344 e. The first-order valence-corrected chi connectivity index (χ1v) is 5.23. The summed E-state index contributed by atoms with van der Waals surface area (Å²) in [5, 5.41) is 2.49. The van der Waals surface area contributed by atoms with Gasteiger partial charge in [-0.25, -0.2) is 0 Å². The molecule has 0 bridgehead atoms. The lowest BCUT2D eigenvalue weighted by molar-refractivity contribution is -0.669. The van der Waals surface area contributed by atoms with E-state index in [0.29, 0.717) is 0 Å². The third-order valence-electron chi connectivity index (χ3n) is 2.90. The average molecular weight is 176 g/mol. The Bertz CT molecular complexity index is 257. The zero-order valence-electron chi connectivity index (χ0n) is 8.29. The van der Waals surface area contributed by atoms with E-state index >= 15 is 0 Å². The highest BCUT2D eigenvalue weighted by Gasteiger charge is 2.17. The van der Waals surface area contributed by atoms with Crippen LogP contribution in [0.2, 0.25) is 0 Å². The lowest BCUT2D eigenvalue weighted by Gasteiger charge is -2.06. The summed E-state index contributed by atoms with van der Waals surface area (Å²) in [7, 11) is 0. The maximum absolute atomic E-state index is 2.49. The summed E-state index contributed by atoms with van der Waals surface area (Å²) in [4.78, 5) is 0. The summed E-state index contributed by atoms with van der Waals surface area (Å²) in [6.45, 7) is 3.47. The first-order valence-electron chi connectivity index (χ1n) is 5.23. The van der Waals surface area contributed by atoms with E-state index in [4.69, 9.17) is 0 Å². The smallest absolute Gasteiger partial charge is 0.0902 e. The van der Waals surface area contributed by atoms with Crippen LogP contribution in [0.3, 0.4) is 0 Å². The summed E-state index contributed by atoms with van der Waals surface area (Å²) in [6.07, 6.45) is 4.05. The topological polar surface area (TPSA) is 16.6 Å². The summed E-state index contributed by atoms with van der Waals surface area (Å²) in [5.74, 6) is 0. The van der Waals surface area contributed by atoms with Gasteiger partial charge in [-0.1, -0.05) is 29.8 Å². The Labute approximate surface area is 80.2 Å². The zero-order chi connectivity index (χ0) is 9.10. The molecule has 0 unspecified atom stereocenters. The Balaban J connectivity index is 1.97. The number of aryl methyl sites for hydroxylation is 1. The molecule has 0 aliphatic carbocycles. The third-order valence-corrected chi connectivity index (χ3v) is 2.90. The summed E-state index contributed by atoms with van der Waals surface area (Å²) in [5.41, 5.74) is 2.85. The van der Waals surface area contributed by atoms with Gasteiger partial charge in [-0.05, 0) is 12.5 Å². The number of benzene rings is 1. The van der Waals surface area contributed by atoms with Crippen LogP contribution in [0, 0.1) is 6.92 Å². The lowest BCUT2D eigenvalue weighted by Crippen LogP contribution is -2.87. The molecule has 2 N–H and O–H groups in total. The molecule has 1 aliphatic rings. The molecule has 70 valence electrons. The second-order valence-corrected chi connectivity index (χ2v) is 4.12. The van der Waals surface area contributed by atoms with Gasteiger partial charge < -0.3 is 5.32 Å². The van der Waals surface area contributed by atoms with E-state index in [2.05, 4.69) is 36.5 Å². The van der Waals surface area contributed by atoms with Crippen molar-refractivity contribution >= 4 is 0 Å². The van der Waals surface area contributed by atoms with Gasteiger partial charge in [0.2, 0.25) is 0 Å². The van der Waals surface area contributed by atoms with E-state index in [1.165, 1.54) is 36.9 Å². The maximum atomic E-state index is 2.49. The molecule has 1 atom stereocenters. The molecule has 1 heteroatoms. The molecule has 0 amide bonds. The van der Waals surface area contributed by atoms with Crippen LogP contribution in [0.25, 0.3) is 0 Å². The fourth-order valence-electron chi connectivity index (χ4n) is 2.06. The van der Waals surface area contributed by atoms with Crippen LogP contribution >= 0.6 is 0 Å². The standard InChI is InChI=1S/C12H17N/c1-10-4-6-11(7-5-10)9-12-3-2-8-13-12/h4-7,12-13H,2-3,8-9H2,1H3/p+1/t12-/m0/s1. The summed E-state index contributed by atoms with van der Waals surface area (Å²) in [6, 6.07) is 9.81. The Hall–Kier alpha value is -0.820. The highest BCUT2D eigenvalue weighted by atomic mass is 14.9. The SMILES string of the molecule is Cc1ccc(C[C@@H]2CCC[NH2+]2)cc1. The van der Waals surface area contributed by atoms with Gasteiger partial charge in [0.1, 0.15) is 0 Å². The number of rotatable bonds is 2. The fourth-order valence-corrected chi connectivity index (χ4v) is 2.06. The molecule has 2 rings (SSSR count). The minimum atomic E-state index is 0.850. The molecular formula is C12H18N+. The maximum Gasteiger partial charge on any atom is 0.0902 e. The molecule has 1 aromatic rings. The van der Waals surface area contributed by atoms with Crippen molar-refractivity contribution in [1.82, 2.24) is 0 Å². The molecule has 1 saturated heterocycles. The predicted molar refractivity (Wildman–Crippen MR) is 54.7 cm³/mol. The van der Waals surface area contributed by atoms with E-state index < -0.39 is 0 Å². The van der Waals surface area contributed by atoms with Gasteiger partial charge >= 0.3 is 0 Å². The molecule has 1 nitrogen and oxygen atoms in total. The van der Waals surface area contributed by atoms with Crippen LogP contribution in [-0.2, 0) is 6.42 Å². The van der Waals surface area contributed by atoms with E-state index in [1.54, 1.807) is 0 Å². The predicted octanol–water partition coefficient (Wildman–Crippen LogP) is 1.26. The van der Waals surface area contributed by atoms with E-state index in [0.717, 1.165) is 6.04 Å². The van der Waals surface area contributed by atoms with Crippen molar-refractivity contribution in [1.29, 1.82) is 0 Å². The monoisotopic (exact) mass is 176 g/mol. The van der Waals surface area contributed by atoms with Crippen LogP contribution in [0.4, 0.5) is 0 Å². The van der Waals surface area contributed by atoms with Gasteiger partial charge in [0.25, 0.3) is 0 Å². The Kier molecular flexibility index (Phi) is 2.65. The highest BCUT2D eigenvalue weighted by molar-refractivity contribution is 5.21. The lowest BCUT2D eigenvalue weighted by atomic mass is 10.0. The molecule has 0 saturated carbocycles. The quantitative estimate of drug-likeness (QED) is 0.698. The average Bonchev–Trinajstić information content (AvgIpc) is 2.62. The van der Waals surface area contributed by atoms with Gasteiger partial charge in [0.05, 0.1) is 12.6 Å². The zero-order valence-corrected chi connectivity index (χ0v) is 8.29. The number of quaternary nitrogens is 1. The van der Waals surface area contributed by atoms with Crippen molar-refractivity contribution in [2.75, 3.05) is 6.54 Å². The molecule has 1 heterocycles. The van der Waals surface area contributed by atoms with Crippen molar-refractivity contribution in [3.05, 3.63) is 35.4 Å². The van der Waals surface area contributed by atoms with Crippen LogP contribution in [0.15, 0.2) is 24.3 Å². The number of hydrogen-bond acceptors (Lipinski definition) is 0. The highest BCUT2D eigenvalue weighted by Crippen LogP contribution is 2.08. The molecule has 0 spiro atoms. The summed E-state index contributed by atoms with van der Waals surface area (Å²) < 4.78 is 0. The van der Waals surface area contributed by atoms with Gasteiger partial charge in [0, 0.05) is 19.3 Å². The molecule has 13 heavy (non-hydrogen) atoms. The Morgan fingerprint density at radius 1 is 1.31 bits per heavy atom. The van der Waals surface area contributed by atoms with E-state index in [1.807, 2.05) is 0 Å². The van der Waals surface area contributed by atoms with Gasteiger partial charge in [-0.3, -0.25) is 0 Å². The third kappa shape index (κ3) is 2.31. The Morgan fingerprint density at radius 3 is 2.69 bits per heavy atom.